The lowest BCUT2D eigenvalue weighted by atomic mass is 10.2. The van der Waals surface area contributed by atoms with Crippen LogP contribution >= 0.6 is 34.5 Å². The molecule has 28 heavy (non-hydrogen) atoms. The maximum Gasteiger partial charge on any atom is 0.263 e. The van der Waals surface area contributed by atoms with Gasteiger partial charge in [-0.3, -0.25) is 9.59 Å². The number of hydrogen-bond donors (Lipinski definition) is 2. The Labute approximate surface area is 175 Å². The number of nitrogens with one attached hydrogen (secondary N) is 2. The van der Waals surface area contributed by atoms with E-state index in [4.69, 9.17) is 32.7 Å². The number of rotatable bonds is 6. The second-order valence-corrected chi connectivity index (χ2v) is 7.47. The lowest BCUT2D eigenvalue weighted by molar-refractivity contribution is -0.115. The molecular weight excluding hydrogens is 423 g/mol. The lowest BCUT2D eigenvalue weighted by Gasteiger charge is -2.07. The van der Waals surface area contributed by atoms with Crippen LogP contribution in [0.3, 0.4) is 0 Å². The van der Waals surface area contributed by atoms with Crippen LogP contribution < -0.4 is 20.1 Å². The molecule has 2 amide bonds. The molecule has 0 spiro atoms. The van der Waals surface area contributed by atoms with Crippen LogP contribution in [0.4, 0.5) is 5.69 Å². The van der Waals surface area contributed by atoms with Gasteiger partial charge < -0.3 is 20.1 Å². The summed E-state index contributed by atoms with van der Waals surface area (Å²) < 4.78 is 11.0. The van der Waals surface area contributed by atoms with Crippen molar-refractivity contribution in [2.75, 3.05) is 26.1 Å². The van der Waals surface area contributed by atoms with Crippen molar-refractivity contribution in [1.29, 1.82) is 0 Å². The molecular formula is C19H16Cl2N2O4S. The number of methoxy groups -OCH3 is 2. The molecule has 6 nitrogen and oxygen atoms in total. The summed E-state index contributed by atoms with van der Waals surface area (Å²) in [5.74, 6) is 0.328. The minimum absolute atomic E-state index is 0.201. The molecule has 3 rings (SSSR count). The monoisotopic (exact) mass is 438 g/mol. The SMILES string of the molecule is COc1ccc(NC(=O)CNC(=O)c2sc3c(OC)c(Cl)ccc3c2Cl)cc1. The van der Waals surface area contributed by atoms with Gasteiger partial charge in [0.05, 0.1) is 35.5 Å². The molecule has 1 heterocycles. The van der Waals surface area contributed by atoms with E-state index in [0.29, 0.717) is 37.3 Å². The Bertz CT molecular complexity index is 1030. The standard InChI is InChI=1S/C19H16Cl2N2O4S/c1-26-11-5-3-10(4-6-11)23-14(24)9-22-19(25)18-15(21)12-7-8-13(20)16(27-2)17(12)28-18/h3-8H,9H2,1-2H3,(H,22,25)(H,23,24). The highest BCUT2D eigenvalue weighted by Crippen LogP contribution is 2.43. The van der Waals surface area contributed by atoms with Gasteiger partial charge in [-0.05, 0) is 30.3 Å². The summed E-state index contributed by atoms with van der Waals surface area (Å²) in [6.07, 6.45) is 0. The molecule has 0 fully saturated rings. The molecule has 2 aromatic carbocycles. The lowest BCUT2D eigenvalue weighted by Crippen LogP contribution is -2.32. The first kappa shape index (κ1) is 20.3. The molecule has 0 aliphatic rings. The molecule has 3 aromatic rings. The number of carbonyl (C=O) groups excluding carboxylic acids is 2. The summed E-state index contributed by atoms with van der Waals surface area (Å²) in [6.45, 7) is -0.201. The molecule has 0 aliphatic carbocycles. The first-order chi connectivity index (χ1) is 13.4. The zero-order valence-electron chi connectivity index (χ0n) is 15.0. The van der Waals surface area contributed by atoms with Gasteiger partial charge >= 0.3 is 0 Å². The van der Waals surface area contributed by atoms with Crippen LogP contribution in [-0.2, 0) is 4.79 Å². The van der Waals surface area contributed by atoms with Crippen molar-refractivity contribution in [3.8, 4) is 11.5 Å². The number of benzene rings is 2. The quantitative estimate of drug-likeness (QED) is 0.589. The van der Waals surface area contributed by atoms with Crippen LogP contribution in [0.25, 0.3) is 10.1 Å². The Morgan fingerprint density at radius 2 is 1.75 bits per heavy atom. The van der Waals surface area contributed by atoms with Gasteiger partial charge in [-0.25, -0.2) is 0 Å². The second kappa shape index (κ2) is 8.68. The normalized spacial score (nSPS) is 10.6. The van der Waals surface area contributed by atoms with E-state index >= 15 is 0 Å². The van der Waals surface area contributed by atoms with Gasteiger partial charge in [0, 0.05) is 11.1 Å². The second-order valence-electron chi connectivity index (χ2n) is 5.66. The third kappa shape index (κ3) is 4.16. The van der Waals surface area contributed by atoms with Crippen molar-refractivity contribution in [1.82, 2.24) is 5.32 Å². The molecule has 0 radical (unpaired) electrons. The Morgan fingerprint density at radius 1 is 1.04 bits per heavy atom. The van der Waals surface area contributed by atoms with Gasteiger partial charge in [0.1, 0.15) is 10.6 Å². The van der Waals surface area contributed by atoms with E-state index in [1.807, 2.05) is 0 Å². The van der Waals surface area contributed by atoms with Crippen LogP contribution in [0.5, 0.6) is 11.5 Å². The molecule has 1 aromatic heterocycles. The van der Waals surface area contributed by atoms with Gasteiger partial charge in [0.25, 0.3) is 5.91 Å². The summed E-state index contributed by atoms with van der Waals surface area (Å²) >= 11 is 13.6. The maximum absolute atomic E-state index is 12.5. The summed E-state index contributed by atoms with van der Waals surface area (Å²) in [7, 11) is 3.06. The van der Waals surface area contributed by atoms with Crippen molar-refractivity contribution in [3.05, 3.63) is 51.3 Å². The van der Waals surface area contributed by atoms with Crippen LogP contribution in [0.2, 0.25) is 10.0 Å². The van der Waals surface area contributed by atoms with Gasteiger partial charge in [-0.15, -0.1) is 11.3 Å². The number of halogens is 2. The molecule has 146 valence electrons. The Balaban J connectivity index is 1.69. The zero-order valence-corrected chi connectivity index (χ0v) is 17.3. The minimum Gasteiger partial charge on any atom is -0.497 e. The Morgan fingerprint density at radius 3 is 2.39 bits per heavy atom. The maximum atomic E-state index is 12.5. The third-order valence-corrected chi connectivity index (χ3v) is 5.90. The summed E-state index contributed by atoms with van der Waals surface area (Å²) in [5, 5.41) is 6.65. The van der Waals surface area contributed by atoms with Crippen LogP contribution in [-0.4, -0.2) is 32.6 Å². The molecule has 0 atom stereocenters. The summed E-state index contributed by atoms with van der Waals surface area (Å²) in [4.78, 5) is 24.9. The fourth-order valence-corrected chi connectivity index (χ4v) is 4.38. The number of amides is 2. The average molecular weight is 439 g/mol. The number of thiophene rings is 1. The molecule has 0 saturated heterocycles. The number of ether oxygens (including phenoxy) is 2. The van der Waals surface area contributed by atoms with E-state index in [2.05, 4.69) is 10.6 Å². The highest BCUT2D eigenvalue weighted by atomic mass is 35.5. The first-order valence-corrected chi connectivity index (χ1v) is 9.68. The smallest absolute Gasteiger partial charge is 0.263 e. The van der Waals surface area contributed by atoms with Crippen molar-refractivity contribution in [2.45, 2.75) is 0 Å². The van der Waals surface area contributed by atoms with E-state index in [1.54, 1.807) is 43.5 Å². The predicted octanol–water partition coefficient (Wildman–Crippen LogP) is 4.59. The first-order valence-electron chi connectivity index (χ1n) is 8.11. The fourth-order valence-electron chi connectivity index (χ4n) is 2.54. The van der Waals surface area contributed by atoms with E-state index in [-0.39, 0.29) is 17.3 Å². The largest absolute Gasteiger partial charge is 0.497 e. The third-order valence-electron chi connectivity index (χ3n) is 3.90. The highest BCUT2D eigenvalue weighted by Gasteiger charge is 2.21. The number of hydrogen-bond acceptors (Lipinski definition) is 5. The molecule has 9 heteroatoms. The number of fused-ring (bicyclic) bond motifs is 1. The van der Waals surface area contributed by atoms with Crippen molar-refractivity contribution < 1.29 is 19.1 Å². The van der Waals surface area contributed by atoms with E-state index in [9.17, 15) is 9.59 Å². The van der Waals surface area contributed by atoms with Crippen molar-refractivity contribution in [3.63, 3.8) is 0 Å². The van der Waals surface area contributed by atoms with Gasteiger partial charge in [0.2, 0.25) is 5.91 Å². The fraction of sp³-hybridized carbons (Fsp3) is 0.158. The number of anilines is 1. The van der Waals surface area contributed by atoms with E-state index in [0.717, 1.165) is 11.3 Å². The summed E-state index contributed by atoms with van der Waals surface area (Å²) in [6, 6.07) is 10.2. The molecule has 2 N–H and O–H groups in total. The van der Waals surface area contributed by atoms with Gasteiger partial charge in [-0.2, -0.15) is 0 Å². The Hall–Kier alpha value is -2.48. The average Bonchev–Trinajstić information content (AvgIpc) is 3.03. The van der Waals surface area contributed by atoms with Crippen LogP contribution in [0.1, 0.15) is 9.67 Å². The zero-order chi connectivity index (χ0) is 20.3. The minimum atomic E-state index is -0.450. The topological polar surface area (TPSA) is 76.7 Å². The van der Waals surface area contributed by atoms with Gasteiger partial charge in [0.15, 0.2) is 5.75 Å². The Kier molecular flexibility index (Phi) is 6.28. The predicted molar refractivity (Wildman–Crippen MR) is 112 cm³/mol. The van der Waals surface area contributed by atoms with Crippen molar-refractivity contribution >= 4 is 62.1 Å². The summed E-state index contributed by atoms with van der Waals surface area (Å²) in [5.41, 5.74) is 0.597. The molecule has 0 bridgehead atoms. The van der Waals surface area contributed by atoms with Gasteiger partial charge in [-0.1, -0.05) is 29.3 Å². The van der Waals surface area contributed by atoms with Crippen LogP contribution in [0.15, 0.2) is 36.4 Å². The highest BCUT2D eigenvalue weighted by molar-refractivity contribution is 7.22. The molecule has 0 saturated carbocycles. The molecule has 0 unspecified atom stereocenters. The van der Waals surface area contributed by atoms with E-state index in [1.165, 1.54) is 7.11 Å². The van der Waals surface area contributed by atoms with Crippen LogP contribution in [0, 0.1) is 0 Å². The number of carbonyl (C=O) groups is 2. The molecule has 0 aliphatic heterocycles. The van der Waals surface area contributed by atoms with E-state index < -0.39 is 5.91 Å². The van der Waals surface area contributed by atoms with Crippen molar-refractivity contribution in [2.24, 2.45) is 0 Å².